The van der Waals surface area contributed by atoms with Crippen LogP contribution in [0.4, 0.5) is 0 Å². The first kappa shape index (κ1) is 16.4. The molecule has 0 amide bonds. The largest absolute Gasteiger partial charge is 0.476 e. The summed E-state index contributed by atoms with van der Waals surface area (Å²) in [7, 11) is 0. The van der Waals surface area contributed by atoms with Crippen molar-refractivity contribution in [1.29, 1.82) is 0 Å². The minimum Gasteiger partial charge on any atom is -0.476 e. The lowest BCUT2D eigenvalue weighted by Gasteiger charge is -2.36. The Kier molecular flexibility index (Phi) is 5.60. The lowest BCUT2D eigenvalue weighted by molar-refractivity contribution is 0.101. The molecule has 1 aromatic carbocycles. The normalized spacial score (nSPS) is 22.0. The van der Waals surface area contributed by atoms with E-state index in [1.165, 1.54) is 6.42 Å². The molecule has 0 bridgehead atoms. The maximum atomic E-state index is 6.47. The van der Waals surface area contributed by atoms with Crippen LogP contribution in [-0.2, 0) is 0 Å². The molecule has 1 unspecified atom stereocenters. The summed E-state index contributed by atoms with van der Waals surface area (Å²) >= 11 is 8.56. The molecule has 0 aromatic heterocycles. The van der Waals surface area contributed by atoms with E-state index in [4.69, 9.17) is 16.3 Å². The molecule has 2 atom stereocenters. The number of benzene rings is 1. The molecule has 1 aromatic rings. The summed E-state index contributed by atoms with van der Waals surface area (Å²) in [5, 5.41) is 4.22. The van der Waals surface area contributed by atoms with Gasteiger partial charge >= 0.3 is 0 Å². The van der Waals surface area contributed by atoms with E-state index in [1.807, 2.05) is 18.2 Å². The van der Waals surface area contributed by atoms with Crippen molar-refractivity contribution in [2.75, 3.05) is 13.1 Å². The van der Waals surface area contributed by atoms with Crippen molar-refractivity contribution < 1.29 is 4.74 Å². The maximum Gasteiger partial charge on any atom is 0.163 e. The summed E-state index contributed by atoms with van der Waals surface area (Å²) in [6.45, 7) is 8.71. The predicted molar refractivity (Wildman–Crippen MR) is 94.0 cm³/mol. The highest BCUT2D eigenvalue weighted by Gasteiger charge is 2.40. The van der Waals surface area contributed by atoms with Gasteiger partial charge in [0, 0.05) is 17.5 Å². The van der Waals surface area contributed by atoms with Gasteiger partial charge in [-0.1, -0.05) is 25.4 Å². The van der Waals surface area contributed by atoms with E-state index in [9.17, 15) is 0 Å². The Morgan fingerprint density at radius 1 is 1.50 bits per heavy atom. The van der Waals surface area contributed by atoms with E-state index in [0.29, 0.717) is 11.8 Å². The molecule has 20 heavy (non-hydrogen) atoms. The van der Waals surface area contributed by atoms with Crippen molar-refractivity contribution in [1.82, 2.24) is 5.32 Å². The Balaban J connectivity index is 2.22. The molecular weight excluding hydrogens is 385 g/mol. The average molecular weight is 408 g/mol. The number of nitrogens with one attached hydrogen (secondary N) is 1. The molecule has 4 heteroatoms. The first-order valence-electron chi connectivity index (χ1n) is 7.25. The SMILES string of the molecule is Cc1cc(Cl)ccc1O[C@](I)(CC(C)C)C1CCNC1. The number of aryl methyl sites for hydroxylation is 1. The van der Waals surface area contributed by atoms with E-state index in [1.54, 1.807) is 0 Å². The van der Waals surface area contributed by atoms with Crippen molar-refractivity contribution in [2.24, 2.45) is 11.8 Å². The van der Waals surface area contributed by atoms with Crippen LogP contribution < -0.4 is 10.1 Å². The van der Waals surface area contributed by atoms with Crippen LogP contribution in [0, 0.1) is 18.8 Å². The molecule has 2 nitrogen and oxygen atoms in total. The molecule has 112 valence electrons. The second kappa shape index (κ2) is 6.84. The molecule has 1 saturated heterocycles. The molecular formula is C16H23ClINO. The molecule has 0 spiro atoms. The summed E-state index contributed by atoms with van der Waals surface area (Å²) in [5.41, 5.74) is 1.10. The number of alkyl halides is 1. The maximum absolute atomic E-state index is 6.47. The minimum atomic E-state index is -0.145. The van der Waals surface area contributed by atoms with Crippen LogP contribution in [0.2, 0.25) is 5.02 Å². The van der Waals surface area contributed by atoms with E-state index in [-0.39, 0.29) is 3.61 Å². The number of rotatable bonds is 5. The van der Waals surface area contributed by atoms with Crippen LogP contribution in [0.15, 0.2) is 18.2 Å². The zero-order valence-corrected chi connectivity index (χ0v) is 15.3. The number of hydrogen-bond donors (Lipinski definition) is 1. The molecule has 1 N–H and O–H groups in total. The van der Waals surface area contributed by atoms with Gasteiger partial charge in [-0.25, -0.2) is 0 Å². The third-order valence-electron chi connectivity index (χ3n) is 3.77. The third-order valence-corrected chi connectivity index (χ3v) is 5.55. The summed E-state index contributed by atoms with van der Waals surface area (Å²) in [5.74, 6) is 2.12. The van der Waals surface area contributed by atoms with Crippen LogP contribution in [-0.4, -0.2) is 16.7 Å². The topological polar surface area (TPSA) is 21.3 Å². The fraction of sp³-hybridized carbons (Fsp3) is 0.625. The highest BCUT2D eigenvalue weighted by molar-refractivity contribution is 14.1. The molecule has 1 fully saturated rings. The van der Waals surface area contributed by atoms with Gasteiger partial charge in [0.2, 0.25) is 0 Å². The second-order valence-electron chi connectivity index (χ2n) is 6.09. The molecule has 0 aliphatic carbocycles. The Morgan fingerprint density at radius 2 is 2.25 bits per heavy atom. The van der Waals surface area contributed by atoms with Crippen LogP contribution in [0.5, 0.6) is 5.75 Å². The lowest BCUT2D eigenvalue weighted by atomic mass is 9.93. The quantitative estimate of drug-likeness (QED) is 0.558. The average Bonchev–Trinajstić information content (AvgIpc) is 2.86. The van der Waals surface area contributed by atoms with E-state index < -0.39 is 0 Å². The number of hydrogen-bond acceptors (Lipinski definition) is 2. The van der Waals surface area contributed by atoms with Crippen molar-refractivity contribution in [3.05, 3.63) is 28.8 Å². The predicted octanol–water partition coefficient (Wildman–Crippen LogP) is 4.81. The fourth-order valence-corrected chi connectivity index (χ4v) is 4.66. The standard InChI is InChI=1S/C16H23ClINO/c1-11(2)9-16(18,13-6-7-19-10-13)20-15-5-4-14(17)8-12(15)3/h4-5,8,11,13,19H,6-7,9-10H2,1-3H3/t13?,16-/m1/s1. The second-order valence-corrected chi connectivity index (χ2v) is 8.35. The Bertz CT molecular complexity index is 460. The van der Waals surface area contributed by atoms with Crippen LogP contribution in [0.1, 0.15) is 32.3 Å². The van der Waals surface area contributed by atoms with Gasteiger partial charge in [-0.3, -0.25) is 0 Å². The smallest absolute Gasteiger partial charge is 0.163 e. The molecule has 1 heterocycles. The Morgan fingerprint density at radius 3 is 2.80 bits per heavy atom. The summed E-state index contributed by atoms with van der Waals surface area (Å²) in [6.07, 6.45) is 2.24. The molecule has 0 radical (unpaired) electrons. The van der Waals surface area contributed by atoms with Crippen molar-refractivity contribution in [3.8, 4) is 5.75 Å². The zero-order chi connectivity index (χ0) is 14.8. The van der Waals surface area contributed by atoms with Gasteiger partial charge in [-0.15, -0.1) is 0 Å². The van der Waals surface area contributed by atoms with Crippen molar-refractivity contribution in [2.45, 2.75) is 37.2 Å². The van der Waals surface area contributed by atoms with Gasteiger partial charge in [0.25, 0.3) is 0 Å². The monoisotopic (exact) mass is 407 g/mol. The zero-order valence-electron chi connectivity index (χ0n) is 12.4. The van der Waals surface area contributed by atoms with Gasteiger partial charge in [-0.05, 0) is 78.6 Å². The Hall–Kier alpha value is -0.0000000000000000763. The van der Waals surface area contributed by atoms with Gasteiger partial charge in [-0.2, -0.15) is 0 Å². The lowest BCUT2D eigenvalue weighted by Crippen LogP contribution is -2.40. The van der Waals surface area contributed by atoms with Crippen LogP contribution in [0.25, 0.3) is 0 Å². The van der Waals surface area contributed by atoms with E-state index in [2.05, 4.69) is 48.7 Å². The van der Waals surface area contributed by atoms with Crippen molar-refractivity contribution in [3.63, 3.8) is 0 Å². The van der Waals surface area contributed by atoms with Gasteiger partial charge in [0.05, 0.1) is 0 Å². The van der Waals surface area contributed by atoms with Crippen LogP contribution >= 0.6 is 34.2 Å². The van der Waals surface area contributed by atoms with Gasteiger partial charge < -0.3 is 10.1 Å². The first-order valence-corrected chi connectivity index (χ1v) is 8.71. The van der Waals surface area contributed by atoms with Crippen LogP contribution in [0.3, 0.4) is 0 Å². The number of halogens is 2. The highest BCUT2D eigenvalue weighted by Crippen LogP contribution is 2.41. The highest BCUT2D eigenvalue weighted by atomic mass is 127. The molecule has 1 aliphatic rings. The summed E-state index contributed by atoms with van der Waals surface area (Å²) < 4.78 is 6.33. The first-order chi connectivity index (χ1) is 9.40. The molecule has 1 aliphatic heterocycles. The van der Waals surface area contributed by atoms with E-state index in [0.717, 1.165) is 35.8 Å². The summed E-state index contributed by atoms with van der Waals surface area (Å²) in [6, 6.07) is 5.87. The van der Waals surface area contributed by atoms with Gasteiger partial charge in [0.15, 0.2) is 3.61 Å². The van der Waals surface area contributed by atoms with E-state index >= 15 is 0 Å². The molecule has 0 saturated carbocycles. The van der Waals surface area contributed by atoms with Gasteiger partial charge in [0.1, 0.15) is 5.75 Å². The Labute approximate surface area is 140 Å². The summed E-state index contributed by atoms with van der Waals surface area (Å²) in [4.78, 5) is 0. The minimum absolute atomic E-state index is 0.145. The molecule has 2 rings (SSSR count). The third kappa shape index (κ3) is 4.01. The number of ether oxygens (including phenoxy) is 1. The van der Waals surface area contributed by atoms with Crippen molar-refractivity contribution >= 4 is 34.2 Å². The fourth-order valence-electron chi connectivity index (χ4n) is 2.78.